The van der Waals surface area contributed by atoms with Crippen LogP contribution in [0.25, 0.3) is 0 Å². The molecule has 1 fully saturated rings. The van der Waals surface area contributed by atoms with Crippen LogP contribution in [-0.2, 0) is 19.6 Å². The van der Waals surface area contributed by atoms with Gasteiger partial charge in [0.05, 0.1) is 5.92 Å². The van der Waals surface area contributed by atoms with Crippen molar-refractivity contribution < 1.29 is 48.8 Å². The Balaban J connectivity index is 3.29. The number of hydrogen-bond acceptors (Lipinski definition) is 4. The average molecular weight is 330 g/mol. The van der Waals surface area contributed by atoms with E-state index >= 15 is 0 Å². The first-order valence-corrected chi connectivity index (χ1v) is 6.62. The van der Waals surface area contributed by atoms with Crippen LogP contribution < -0.4 is 0 Å². The van der Waals surface area contributed by atoms with Crippen LogP contribution in [0.3, 0.4) is 0 Å². The van der Waals surface area contributed by atoms with Gasteiger partial charge in [0.2, 0.25) is 0 Å². The number of ether oxygens (including phenoxy) is 1. The molecule has 12 heteroatoms. The summed E-state index contributed by atoms with van der Waals surface area (Å²) in [6, 6.07) is 0. The van der Waals surface area contributed by atoms with Gasteiger partial charge in [0, 0.05) is 0 Å². The molecule has 0 aromatic carbocycles. The minimum absolute atomic E-state index is 0.0521. The summed E-state index contributed by atoms with van der Waals surface area (Å²) < 4.78 is 109. The molecule has 0 unspecified atom stereocenters. The molecule has 0 heterocycles. The van der Waals surface area contributed by atoms with E-state index in [-0.39, 0.29) is 12.8 Å². The van der Waals surface area contributed by atoms with Crippen molar-refractivity contribution in [1.29, 1.82) is 0 Å². The lowest BCUT2D eigenvalue weighted by atomic mass is 10.1. The molecular weight excluding hydrogens is 322 g/mol. The molecule has 118 valence electrons. The number of carbonyl (C=O) groups is 1. The summed E-state index contributed by atoms with van der Waals surface area (Å²) in [5.74, 6) is -5.77. The molecule has 1 aliphatic carbocycles. The standard InChI is InChI=1S/C8H8F6O5S/c9-7(10,11)6(8(12,13)14,3-20(16,17)18)19-5(15)4-1-2-4/h4H,1-3H2,(H,16,17,18). The fourth-order valence-electron chi connectivity index (χ4n) is 1.30. The monoisotopic (exact) mass is 330 g/mol. The smallest absolute Gasteiger partial charge is 0.438 e. The highest BCUT2D eigenvalue weighted by atomic mass is 32.2. The Labute approximate surface area is 108 Å². The van der Waals surface area contributed by atoms with Crippen LogP contribution >= 0.6 is 0 Å². The highest BCUT2D eigenvalue weighted by Gasteiger charge is 2.76. The van der Waals surface area contributed by atoms with Gasteiger partial charge >= 0.3 is 23.9 Å². The van der Waals surface area contributed by atoms with E-state index in [1.165, 1.54) is 0 Å². The van der Waals surface area contributed by atoms with Crippen LogP contribution in [-0.4, -0.2) is 42.6 Å². The van der Waals surface area contributed by atoms with Crippen LogP contribution in [0.5, 0.6) is 0 Å². The topological polar surface area (TPSA) is 80.7 Å². The lowest BCUT2D eigenvalue weighted by Gasteiger charge is -2.35. The molecule has 1 N–H and O–H groups in total. The van der Waals surface area contributed by atoms with Gasteiger partial charge in [-0.3, -0.25) is 9.35 Å². The van der Waals surface area contributed by atoms with Crippen molar-refractivity contribution >= 4 is 16.1 Å². The van der Waals surface area contributed by atoms with Gasteiger partial charge in [0.25, 0.3) is 10.1 Å². The summed E-state index contributed by atoms with van der Waals surface area (Å²) in [5.41, 5.74) is -5.28. The molecule has 1 aliphatic rings. The Morgan fingerprint density at radius 2 is 1.50 bits per heavy atom. The Morgan fingerprint density at radius 3 is 1.75 bits per heavy atom. The van der Waals surface area contributed by atoms with Gasteiger partial charge < -0.3 is 4.74 Å². The summed E-state index contributed by atoms with van der Waals surface area (Å²) in [6.07, 6.45) is -12.4. The molecule has 0 aliphatic heterocycles. The van der Waals surface area contributed by atoms with E-state index in [1.54, 1.807) is 0 Å². The highest BCUT2D eigenvalue weighted by molar-refractivity contribution is 7.85. The molecule has 0 aromatic heterocycles. The molecule has 20 heavy (non-hydrogen) atoms. The molecule has 0 atom stereocenters. The number of carbonyl (C=O) groups excluding carboxylic acids is 1. The molecule has 0 saturated heterocycles. The van der Waals surface area contributed by atoms with E-state index in [1.807, 2.05) is 0 Å². The first-order chi connectivity index (χ1) is 8.70. The SMILES string of the molecule is O=C(OC(CS(=O)(=O)O)(C(F)(F)F)C(F)(F)F)C1CC1. The summed E-state index contributed by atoms with van der Waals surface area (Å²) >= 11 is 0. The predicted molar refractivity (Wildman–Crippen MR) is 50.1 cm³/mol. The minimum Gasteiger partial charge on any atom is -0.438 e. The van der Waals surface area contributed by atoms with Crippen LogP contribution in [0.4, 0.5) is 26.3 Å². The average Bonchev–Trinajstić information content (AvgIpc) is 2.92. The van der Waals surface area contributed by atoms with Crippen molar-refractivity contribution in [1.82, 2.24) is 0 Å². The third-order valence-corrected chi connectivity index (χ3v) is 3.26. The predicted octanol–water partition coefficient (Wildman–Crippen LogP) is 1.69. The zero-order valence-electron chi connectivity index (χ0n) is 9.45. The van der Waals surface area contributed by atoms with Gasteiger partial charge in [0.15, 0.2) is 0 Å². The molecule has 0 bridgehead atoms. The second-order valence-electron chi connectivity index (χ2n) is 4.24. The number of rotatable bonds is 4. The Bertz CT molecular complexity index is 474. The van der Waals surface area contributed by atoms with Crippen molar-refractivity contribution in [2.45, 2.75) is 30.8 Å². The minimum atomic E-state index is -6.26. The lowest BCUT2D eigenvalue weighted by molar-refractivity contribution is -0.361. The summed E-state index contributed by atoms with van der Waals surface area (Å²) in [6.45, 7) is 0. The first kappa shape index (κ1) is 17.0. The zero-order valence-corrected chi connectivity index (χ0v) is 10.3. The number of esters is 1. The van der Waals surface area contributed by atoms with E-state index in [0.29, 0.717) is 0 Å². The largest absolute Gasteiger partial charge is 0.438 e. The highest BCUT2D eigenvalue weighted by Crippen LogP contribution is 2.48. The molecule has 1 rings (SSSR count). The van der Waals surface area contributed by atoms with Crippen LogP contribution in [0, 0.1) is 5.92 Å². The third-order valence-electron chi connectivity index (χ3n) is 2.49. The molecule has 0 radical (unpaired) electrons. The maximum atomic E-state index is 12.7. The van der Waals surface area contributed by atoms with E-state index < -0.39 is 45.7 Å². The van der Waals surface area contributed by atoms with Gasteiger partial charge in [-0.15, -0.1) is 0 Å². The number of halogens is 6. The molecule has 0 amide bonds. The van der Waals surface area contributed by atoms with Crippen molar-refractivity contribution in [3.05, 3.63) is 0 Å². The second kappa shape index (κ2) is 4.76. The normalized spacial score (nSPS) is 17.9. The van der Waals surface area contributed by atoms with E-state index in [4.69, 9.17) is 4.55 Å². The summed E-state index contributed by atoms with van der Waals surface area (Å²) in [7, 11) is -5.72. The fourth-order valence-corrected chi connectivity index (χ4v) is 2.20. The fraction of sp³-hybridized carbons (Fsp3) is 0.875. The molecule has 0 spiro atoms. The molecule has 5 nitrogen and oxygen atoms in total. The van der Waals surface area contributed by atoms with Crippen LogP contribution in [0.2, 0.25) is 0 Å². The van der Waals surface area contributed by atoms with Gasteiger partial charge in [0.1, 0.15) is 5.75 Å². The second-order valence-corrected chi connectivity index (χ2v) is 5.70. The van der Waals surface area contributed by atoms with Crippen molar-refractivity contribution in [3.8, 4) is 0 Å². The molecule has 1 saturated carbocycles. The molecule has 0 aromatic rings. The van der Waals surface area contributed by atoms with Crippen molar-refractivity contribution in [2.75, 3.05) is 5.75 Å². The van der Waals surface area contributed by atoms with Gasteiger partial charge in [-0.1, -0.05) is 0 Å². The third kappa shape index (κ3) is 3.53. The maximum absolute atomic E-state index is 12.7. The van der Waals surface area contributed by atoms with Crippen molar-refractivity contribution in [2.24, 2.45) is 5.92 Å². The van der Waals surface area contributed by atoms with E-state index in [9.17, 15) is 39.6 Å². The first-order valence-electron chi connectivity index (χ1n) is 5.01. The van der Waals surface area contributed by atoms with E-state index in [0.717, 1.165) is 0 Å². The van der Waals surface area contributed by atoms with Gasteiger partial charge in [-0.05, 0) is 12.8 Å². The summed E-state index contributed by atoms with van der Waals surface area (Å²) in [5, 5.41) is 0. The Hall–Kier alpha value is -1.04. The zero-order chi connectivity index (χ0) is 16.0. The number of alkyl halides is 6. The quantitative estimate of drug-likeness (QED) is 0.482. The van der Waals surface area contributed by atoms with Crippen LogP contribution in [0.1, 0.15) is 12.8 Å². The van der Waals surface area contributed by atoms with Crippen molar-refractivity contribution in [3.63, 3.8) is 0 Å². The van der Waals surface area contributed by atoms with E-state index in [2.05, 4.69) is 4.74 Å². The Morgan fingerprint density at radius 1 is 1.10 bits per heavy atom. The molecular formula is C8H8F6O5S. The Kier molecular flexibility index (Phi) is 4.05. The maximum Gasteiger partial charge on any atom is 0.438 e. The lowest BCUT2D eigenvalue weighted by Crippen LogP contribution is -2.63. The number of hydrogen-bond donors (Lipinski definition) is 1. The van der Waals surface area contributed by atoms with Gasteiger partial charge in [-0.25, -0.2) is 0 Å². The van der Waals surface area contributed by atoms with Gasteiger partial charge in [-0.2, -0.15) is 34.8 Å². The summed E-state index contributed by atoms with van der Waals surface area (Å²) in [4.78, 5) is 11.1. The van der Waals surface area contributed by atoms with Crippen LogP contribution in [0.15, 0.2) is 0 Å².